The summed E-state index contributed by atoms with van der Waals surface area (Å²) in [6.07, 6.45) is 20.3. The number of hydrogen-bond acceptors (Lipinski definition) is 8. The van der Waals surface area contributed by atoms with E-state index in [0.29, 0.717) is 5.54 Å². The molecule has 1 spiro atoms. The van der Waals surface area contributed by atoms with E-state index in [9.17, 15) is 4.39 Å². The summed E-state index contributed by atoms with van der Waals surface area (Å²) in [5.41, 5.74) is 3.78. The lowest BCUT2D eigenvalue weighted by molar-refractivity contribution is -0.127. The molecule has 2 N–H and O–H groups in total. The van der Waals surface area contributed by atoms with Crippen LogP contribution in [0.3, 0.4) is 0 Å². The SMILES string of the molecule is C#C.CC(C)(O)O.CSc1ncnn2c([C@H]3CC[C@@H](CN4CCCC45CCN(CCc4ccc(F)cc4)CC5)O3)ccc12. The highest BCUT2D eigenvalue weighted by atomic mass is 32.2. The third kappa shape index (κ3) is 8.78. The highest BCUT2D eigenvalue weighted by Gasteiger charge is 2.44. The zero-order chi connectivity index (χ0) is 31.0. The molecule has 2 aromatic heterocycles. The molecule has 3 saturated heterocycles. The minimum Gasteiger partial charge on any atom is -0.367 e. The first-order valence-corrected chi connectivity index (χ1v) is 16.4. The fourth-order valence-corrected chi connectivity index (χ4v) is 7.13. The van der Waals surface area contributed by atoms with Crippen LogP contribution in [-0.2, 0) is 11.2 Å². The number of fused-ring (bicyclic) bond motifs is 1. The molecule has 0 bridgehead atoms. The lowest BCUT2D eigenvalue weighted by atomic mass is 9.84. The molecule has 2 atom stereocenters. The average molecular weight is 612 g/mol. The second-order valence-electron chi connectivity index (χ2n) is 12.1. The first-order chi connectivity index (χ1) is 20.6. The van der Waals surface area contributed by atoms with E-state index in [1.165, 1.54) is 51.6 Å². The van der Waals surface area contributed by atoms with Gasteiger partial charge in [-0.3, -0.25) is 4.90 Å². The number of rotatable bonds is 7. The second-order valence-corrected chi connectivity index (χ2v) is 12.9. The molecule has 0 amide bonds. The summed E-state index contributed by atoms with van der Waals surface area (Å²) in [5.74, 6) is -1.65. The Kier molecular flexibility index (Phi) is 11.6. The number of ether oxygens (including phenoxy) is 1. The van der Waals surface area contributed by atoms with Crippen LogP contribution in [0.4, 0.5) is 4.39 Å². The Bertz CT molecular complexity index is 1310. The van der Waals surface area contributed by atoms with E-state index in [-0.39, 0.29) is 18.0 Å². The van der Waals surface area contributed by atoms with E-state index in [1.54, 1.807) is 30.2 Å². The standard InChI is InChI=1S/C28H36FN5OS.C3H8O2.C2H2/c1-36-27-25-9-8-24(34(25)31-20-30-27)26-10-7-23(35-26)19-33-15-2-12-28(33)13-17-32(18-14-28)16-11-21-3-5-22(29)6-4-21;1-3(2,4)5;1-2/h3-6,8-9,20,23,26H,2,7,10-19H2,1H3;4-5H,1-2H3;1-2H/t23-,26+;;/m0../s1. The topological polar surface area (TPSA) is 86.4 Å². The lowest BCUT2D eigenvalue weighted by Gasteiger charge is -2.46. The Balaban J connectivity index is 0.000000551. The van der Waals surface area contributed by atoms with Crippen LogP contribution in [-0.4, -0.2) is 91.0 Å². The van der Waals surface area contributed by atoms with Gasteiger partial charge in [0, 0.05) is 18.6 Å². The largest absolute Gasteiger partial charge is 0.367 e. The van der Waals surface area contributed by atoms with Crippen LogP contribution in [0.25, 0.3) is 5.52 Å². The van der Waals surface area contributed by atoms with Crippen LogP contribution in [0.15, 0.2) is 47.8 Å². The third-order valence-corrected chi connectivity index (χ3v) is 9.36. The number of benzene rings is 1. The molecule has 0 aliphatic carbocycles. The summed E-state index contributed by atoms with van der Waals surface area (Å²) in [5, 5.41) is 21.7. The van der Waals surface area contributed by atoms with Crippen molar-refractivity contribution in [2.45, 2.75) is 87.4 Å². The monoisotopic (exact) mass is 611 g/mol. The maximum absolute atomic E-state index is 13.2. The van der Waals surface area contributed by atoms with Crippen LogP contribution in [0.1, 0.15) is 69.7 Å². The summed E-state index contributed by atoms with van der Waals surface area (Å²) in [7, 11) is 0. The number of thioether (sulfide) groups is 1. The molecular formula is C33H46FN5O3S. The number of terminal acetylenes is 1. The van der Waals surface area contributed by atoms with Crippen molar-refractivity contribution in [3.63, 3.8) is 0 Å². The predicted octanol–water partition coefficient (Wildman–Crippen LogP) is 4.94. The van der Waals surface area contributed by atoms with E-state index in [4.69, 9.17) is 14.9 Å². The summed E-state index contributed by atoms with van der Waals surface area (Å²) >= 11 is 1.65. The Hall–Kier alpha value is -2.52. The molecule has 0 radical (unpaired) electrons. The number of aliphatic hydroxyl groups is 2. The number of halogens is 1. The Morgan fingerprint density at radius 3 is 2.42 bits per heavy atom. The van der Waals surface area contributed by atoms with E-state index in [0.717, 1.165) is 61.7 Å². The summed E-state index contributed by atoms with van der Waals surface area (Å²) in [6.45, 7) is 8.19. The quantitative estimate of drug-likeness (QED) is 0.221. The van der Waals surface area contributed by atoms with Crippen LogP contribution in [0.2, 0.25) is 0 Å². The zero-order valence-electron chi connectivity index (χ0n) is 25.7. The van der Waals surface area contributed by atoms with E-state index in [2.05, 4.69) is 51.1 Å². The first-order valence-electron chi connectivity index (χ1n) is 15.2. The number of nitrogens with zero attached hydrogens (tertiary/aromatic N) is 5. The highest BCUT2D eigenvalue weighted by molar-refractivity contribution is 7.98. The van der Waals surface area contributed by atoms with Gasteiger partial charge in [0.1, 0.15) is 23.3 Å². The van der Waals surface area contributed by atoms with Gasteiger partial charge in [0.15, 0.2) is 5.79 Å². The maximum atomic E-state index is 13.2. The smallest absolute Gasteiger partial charge is 0.156 e. The molecule has 6 rings (SSSR count). The number of hydrogen-bond donors (Lipinski definition) is 2. The van der Waals surface area contributed by atoms with Crippen molar-refractivity contribution in [3.05, 3.63) is 59.8 Å². The molecule has 3 fully saturated rings. The van der Waals surface area contributed by atoms with Gasteiger partial charge in [-0.25, -0.2) is 13.9 Å². The Morgan fingerprint density at radius 2 is 1.74 bits per heavy atom. The van der Waals surface area contributed by atoms with Crippen LogP contribution in [0, 0.1) is 18.7 Å². The Morgan fingerprint density at radius 1 is 1.05 bits per heavy atom. The predicted molar refractivity (Wildman–Crippen MR) is 169 cm³/mol. The van der Waals surface area contributed by atoms with Gasteiger partial charge in [-0.2, -0.15) is 5.10 Å². The fourth-order valence-electron chi connectivity index (χ4n) is 6.61. The van der Waals surface area contributed by atoms with E-state index in [1.807, 2.05) is 16.6 Å². The molecule has 3 aromatic rings. The van der Waals surface area contributed by atoms with Gasteiger partial charge in [-0.1, -0.05) is 12.1 Å². The van der Waals surface area contributed by atoms with Gasteiger partial charge in [0.25, 0.3) is 0 Å². The van der Waals surface area contributed by atoms with Crippen LogP contribution < -0.4 is 0 Å². The van der Waals surface area contributed by atoms with Crippen molar-refractivity contribution < 1.29 is 19.3 Å². The molecule has 1 aromatic carbocycles. The zero-order valence-corrected chi connectivity index (χ0v) is 26.5. The summed E-state index contributed by atoms with van der Waals surface area (Å²) in [4.78, 5) is 9.76. The van der Waals surface area contributed by atoms with Crippen molar-refractivity contribution >= 4 is 17.3 Å². The third-order valence-electron chi connectivity index (χ3n) is 8.66. The number of likely N-dealkylation sites (tertiary alicyclic amines) is 2. The average Bonchev–Trinajstić information content (AvgIpc) is 3.73. The van der Waals surface area contributed by atoms with Crippen LogP contribution >= 0.6 is 11.8 Å². The number of aromatic nitrogens is 3. The molecule has 3 aliphatic rings. The van der Waals surface area contributed by atoms with Crippen molar-refractivity contribution in [1.29, 1.82) is 0 Å². The van der Waals surface area contributed by atoms with Crippen molar-refractivity contribution in [1.82, 2.24) is 24.4 Å². The van der Waals surface area contributed by atoms with Gasteiger partial charge < -0.3 is 19.8 Å². The normalized spacial score (nSPS) is 22.2. The summed E-state index contributed by atoms with van der Waals surface area (Å²) < 4.78 is 21.8. The molecule has 8 nitrogen and oxygen atoms in total. The van der Waals surface area contributed by atoms with E-state index < -0.39 is 5.79 Å². The van der Waals surface area contributed by atoms with Crippen LogP contribution in [0.5, 0.6) is 0 Å². The highest BCUT2D eigenvalue weighted by Crippen LogP contribution is 2.41. The van der Waals surface area contributed by atoms with E-state index >= 15 is 0 Å². The minimum atomic E-state index is -1.50. The lowest BCUT2D eigenvalue weighted by Crippen LogP contribution is -2.53. The second kappa shape index (κ2) is 15.0. The van der Waals surface area contributed by atoms with Crippen molar-refractivity contribution in [2.24, 2.45) is 0 Å². The molecule has 0 saturated carbocycles. The van der Waals surface area contributed by atoms with Gasteiger partial charge in [-0.15, -0.1) is 24.6 Å². The molecule has 3 aliphatic heterocycles. The first kappa shape index (κ1) is 33.4. The molecule has 10 heteroatoms. The minimum absolute atomic E-state index is 0.106. The fraction of sp³-hybridized carbons (Fsp3) is 0.576. The summed E-state index contributed by atoms with van der Waals surface area (Å²) in [6, 6.07) is 11.3. The molecule has 0 unspecified atom stereocenters. The maximum Gasteiger partial charge on any atom is 0.156 e. The van der Waals surface area contributed by atoms with Gasteiger partial charge in [-0.05, 0) is 115 Å². The molecule has 5 heterocycles. The molecular weight excluding hydrogens is 565 g/mol. The number of piperidine rings is 1. The van der Waals surface area contributed by atoms with Gasteiger partial charge >= 0.3 is 0 Å². The molecule has 43 heavy (non-hydrogen) atoms. The Labute approximate surface area is 259 Å². The van der Waals surface area contributed by atoms with Gasteiger partial charge in [0.2, 0.25) is 0 Å². The van der Waals surface area contributed by atoms with Crippen molar-refractivity contribution in [2.75, 3.05) is 39.0 Å². The molecule has 234 valence electrons. The van der Waals surface area contributed by atoms with Gasteiger partial charge in [0.05, 0.1) is 17.3 Å². The van der Waals surface area contributed by atoms with Crippen molar-refractivity contribution in [3.8, 4) is 12.8 Å².